The molecular weight excluding hydrogens is 282 g/mol. The maximum absolute atomic E-state index is 6.16. The number of nitrogens with two attached hydrogens (primary N) is 1. The third-order valence-corrected chi connectivity index (χ3v) is 5.52. The summed E-state index contributed by atoms with van der Waals surface area (Å²) in [6.45, 7) is 5.18. The molecule has 1 saturated carbocycles. The minimum Gasteiger partial charge on any atom is -0.369 e. The topological polar surface area (TPSA) is 32.5 Å². The van der Waals surface area contributed by atoms with E-state index in [9.17, 15) is 0 Å². The van der Waals surface area contributed by atoms with E-state index in [1.807, 2.05) is 12.1 Å². The Kier molecular flexibility index (Phi) is 4.72. The summed E-state index contributed by atoms with van der Waals surface area (Å²) in [4.78, 5) is 5.10. The van der Waals surface area contributed by atoms with E-state index in [-0.39, 0.29) is 5.54 Å². The molecule has 0 bridgehead atoms. The molecule has 3 rings (SSSR count). The molecule has 2 fully saturated rings. The van der Waals surface area contributed by atoms with Gasteiger partial charge in [-0.15, -0.1) is 0 Å². The van der Waals surface area contributed by atoms with Crippen LogP contribution in [-0.2, 0) is 0 Å². The molecule has 1 heterocycles. The zero-order chi connectivity index (χ0) is 14.7. The number of halogens is 1. The minimum atomic E-state index is 0.276. The monoisotopic (exact) mass is 307 g/mol. The van der Waals surface area contributed by atoms with E-state index >= 15 is 0 Å². The van der Waals surface area contributed by atoms with Crippen LogP contribution >= 0.6 is 11.6 Å². The summed E-state index contributed by atoms with van der Waals surface area (Å²) >= 11 is 6.11. The Labute approximate surface area is 133 Å². The van der Waals surface area contributed by atoms with Crippen molar-refractivity contribution < 1.29 is 0 Å². The molecule has 0 spiro atoms. The van der Waals surface area contributed by atoms with Gasteiger partial charge in [-0.2, -0.15) is 0 Å². The van der Waals surface area contributed by atoms with Crippen molar-refractivity contribution in [3.63, 3.8) is 0 Å². The van der Waals surface area contributed by atoms with Crippen molar-refractivity contribution in [1.29, 1.82) is 0 Å². The Hall–Kier alpha value is -0.770. The predicted molar refractivity (Wildman–Crippen MR) is 90.1 cm³/mol. The maximum Gasteiger partial charge on any atom is 0.0426 e. The van der Waals surface area contributed by atoms with Crippen molar-refractivity contribution in [1.82, 2.24) is 4.90 Å². The zero-order valence-electron chi connectivity index (χ0n) is 12.7. The third-order valence-electron chi connectivity index (χ3n) is 5.29. The van der Waals surface area contributed by atoms with Gasteiger partial charge in [0.05, 0.1) is 0 Å². The number of hydrogen-bond donors (Lipinski definition) is 1. The van der Waals surface area contributed by atoms with E-state index in [0.717, 1.165) is 37.7 Å². The second-order valence-electron chi connectivity index (χ2n) is 6.44. The van der Waals surface area contributed by atoms with Gasteiger partial charge in [-0.1, -0.05) is 36.9 Å². The van der Waals surface area contributed by atoms with Crippen LogP contribution in [0.4, 0.5) is 5.69 Å². The van der Waals surface area contributed by atoms with Crippen LogP contribution < -0.4 is 10.6 Å². The van der Waals surface area contributed by atoms with Crippen molar-refractivity contribution in [2.75, 3.05) is 37.6 Å². The molecule has 0 radical (unpaired) electrons. The molecule has 0 unspecified atom stereocenters. The SMILES string of the molecule is NCC1(N2CCN(c3cccc(Cl)c3)CC2)CCCCC1. The standard InChI is InChI=1S/C17H26ClN3/c18-15-5-4-6-16(13-15)20-9-11-21(12-10-20)17(14-19)7-2-1-3-8-17/h4-6,13H,1-3,7-12,14,19H2. The van der Waals surface area contributed by atoms with E-state index < -0.39 is 0 Å². The second kappa shape index (κ2) is 6.55. The lowest BCUT2D eigenvalue weighted by Gasteiger charge is -2.49. The number of piperazine rings is 1. The molecule has 3 nitrogen and oxygen atoms in total. The first-order valence-electron chi connectivity index (χ1n) is 8.19. The number of benzene rings is 1. The highest BCUT2D eigenvalue weighted by Crippen LogP contribution is 2.34. The summed E-state index contributed by atoms with van der Waals surface area (Å²) in [5.41, 5.74) is 7.68. The van der Waals surface area contributed by atoms with Crippen molar-refractivity contribution in [3.8, 4) is 0 Å². The molecule has 1 aliphatic carbocycles. The summed E-state index contributed by atoms with van der Waals surface area (Å²) in [6, 6.07) is 8.19. The highest BCUT2D eigenvalue weighted by molar-refractivity contribution is 6.30. The smallest absolute Gasteiger partial charge is 0.0426 e. The molecule has 1 aromatic rings. The molecule has 0 atom stereocenters. The van der Waals surface area contributed by atoms with Crippen LogP contribution in [0.15, 0.2) is 24.3 Å². The lowest BCUT2D eigenvalue weighted by molar-refractivity contribution is 0.0519. The molecule has 116 valence electrons. The molecular formula is C17H26ClN3. The van der Waals surface area contributed by atoms with Crippen molar-refractivity contribution >= 4 is 17.3 Å². The summed E-state index contributed by atoms with van der Waals surface area (Å²) in [7, 11) is 0. The quantitative estimate of drug-likeness (QED) is 0.931. The highest BCUT2D eigenvalue weighted by atomic mass is 35.5. The number of nitrogens with zero attached hydrogens (tertiary/aromatic N) is 2. The van der Waals surface area contributed by atoms with Gasteiger partial charge < -0.3 is 10.6 Å². The van der Waals surface area contributed by atoms with Crippen LogP contribution in [0.25, 0.3) is 0 Å². The molecule has 2 aliphatic rings. The van der Waals surface area contributed by atoms with Gasteiger partial charge in [0.25, 0.3) is 0 Å². The van der Waals surface area contributed by atoms with Crippen LogP contribution in [0.3, 0.4) is 0 Å². The van der Waals surface area contributed by atoms with Crippen molar-refractivity contribution in [2.24, 2.45) is 5.73 Å². The first-order valence-corrected chi connectivity index (χ1v) is 8.57. The molecule has 2 N–H and O–H groups in total. The van der Waals surface area contributed by atoms with Gasteiger partial charge in [-0.05, 0) is 31.0 Å². The molecule has 1 aromatic carbocycles. The normalized spacial score (nSPS) is 23.2. The second-order valence-corrected chi connectivity index (χ2v) is 6.88. The summed E-state index contributed by atoms with van der Waals surface area (Å²) in [5.74, 6) is 0. The first kappa shape index (κ1) is 15.1. The molecule has 4 heteroatoms. The van der Waals surface area contributed by atoms with Gasteiger partial charge >= 0.3 is 0 Å². The third kappa shape index (κ3) is 3.20. The highest BCUT2D eigenvalue weighted by Gasteiger charge is 2.38. The number of rotatable bonds is 3. The summed E-state index contributed by atoms with van der Waals surface area (Å²) < 4.78 is 0. The molecule has 1 saturated heterocycles. The first-order chi connectivity index (χ1) is 10.2. The Bertz CT molecular complexity index is 463. The van der Waals surface area contributed by atoms with E-state index in [0.29, 0.717) is 0 Å². The van der Waals surface area contributed by atoms with Crippen LogP contribution in [0.2, 0.25) is 5.02 Å². The van der Waals surface area contributed by atoms with E-state index in [2.05, 4.69) is 21.9 Å². The van der Waals surface area contributed by atoms with Crippen LogP contribution in [0.1, 0.15) is 32.1 Å². The van der Waals surface area contributed by atoms with Gasteiger partial charge in [0.15, 0.2) is 0 Å². The van der Waals surface area contributed by atoms with E-state index in [1.54, 1.807) is 0 Å². The lowest BCUT2D eigenvalue weighted by Crippen LogP contribution is -2.61. The van der Waals surface area contributed by atoms with E-state index in [1.165, 1.54) is 37.8 Å². The average molecular weight is 308 g/mol. The number of anilines is 1. The van der Waals surface area contributed by atoms with Crippen LogP contribution in [0.5, 0.6) is 0 Å². The minimum absolute atomic E-state index is 0.276. The molecule has 1 aliphatic heterocycles. The maximum atomic E-state index is 6.16. The van der Waals surface area contributed by atoms with Crippen molar-refractivity contribution in [3.05, 3.63) is 29.3 Å². The van der Waals surface area contributed by atoms with Crippen LogP contribution in [0, 0.1) is 0 Å². The molecule has 21 heavy (non-hydrogen) atoms. The fourth-order valence-corrected chi connectivity index (χ4v) is 4.16. The van der Waals surface area contributed by atoms with Gasteiger partial charge in [0.2, 0.25) is 0 Å². The Balaban J connectivity index is 1.64. The average Bonchev–Trinajstić information content (AvgIpc) is 2.56. The van der Waals surface area contributed by atoms with E-state index in [4.69, 9.17) is 17.3 Å². The van der Waals surface area contributed by atoms with Gasteiger partial charge in [-0.3, -0.25) is 4.90 Å². The Morgan fingerprint density at radius 3 is 2.38 bits per heavy atom. The summed E-state index contributed by atoms with van der Waals surface area (Å²) in [6.07, 6.45) is 6.61. The van der Waals surface area contributed by atoms with Gasteiger partial charge in [0.1, 0.15) is 0 Å². The summed E-state index contributed by atoms with van der Waals surface area (Å²) in [5, 5.41) is 0.820. The largest absolute Gasteiger partial charge is 0.369 e. The zero-order valence-corrected chi connectivity index (χ0v) is 13.5. The van der Waals surface area contributed by atoms with Crippen molar-refractivity contribution in [2.45, 2.75) is 37.6 Å². The van der Waals surface area contributed by atoms with Gasteiger partial charge in [0, 0.05) is 49.0 Å². The fraction of sp³-hybridized carbons (Fsp3) is 0.647. The molecule has 0 aromatic heterocycles. The van der Waals surface area contributed by atoms with Crippen LogP contribution in [-0.4, -0.2) is 43.2 Å². The predicted octanol–water partition coefficient (Wildman–Crippen LogP) is 3.12. The Morgan fingerprint density at radius 1 is 1.05 bits per heavy atom. The Morgan fingerprint density at radius 2 is 1.76 bits per heavy atom. The molecule has 0 amide bonds. The number of hydrogen-bond acceptors (Lipinski definition) is 3. The van der Waals surface area contributed by atoms with Gasteiger partial charge in [-0.25, -0.2) is 0 Å². The lowest BCUT2D eigenvalue weighted by atomic mass is 9.80. The fourth-order valence-electron chi connectivity index (χ4n) is 3.97.